The number of benzene rings is 2. The number of rotatable bonds is 6. The van der Waals surface area contributed by atoms with Gasteiger partial charge in [-0.05, 0) is 43.4 Å². The van der Waals surface area contributed by atoms with Crippen LogP contribution in [0.4, 0.5) is 11.8 Å². The smallest absolute Gasteiger partial charge is 0.227 e. The normalized spacial score (nSPS) is 14.7. The van der Waals surface area contributed by atoms with Crippen LogP contribution in [0.2, 0.25) is 0 Å². The van der Waals surface area contributed by atoms with Crippen LogP contribution in [-0.4, -0.2) is 23.1 Å². The van der Waals surface area contributed by atoms with Gasteiger partial charge in [0.25, 0.3) is 0 Å². The molecule has 0 bridgehead atoms. The molecule has 4 heteroatoms. The molecule has 0 spiro atoms. The molecule has 0 aliphatic carbocycles. The van der Waals surface area contributed by atoms with Gasteiger partial charge < -0.3 is 10.2 Å². The number of fused-ring (bicyclic) bond motifs is 1. The number of hydrogen-bond acceptors (Lipinski definition) is 4. The molecule has 140 valence electrons. The van der Waals surface area contributed by atoms with Crippen molar-refractivity contribution in [3.05, 3.63) is 60.2 Å². The fourth-order valence-electron chi connectivity index (χ4n) is 4.11. The summed E-state index contributed by atoms with van der Waals surface area (Å²) in [6, 6.07) is 19.1. The van der Waals surface area contributed by atoms with Gasteiger partial charge in [-0.3, -0.25) is 0 Å². The molecule has 27 heavy (non-hydrogen) atoms. The lowest BCUT2D eigenvalue weighted by atomic mass is 9.84. The average molecular weight is 361 g/mol. The first kappa shape index (κ1) is 17.8. The van der Waals surface area contributed by atoms with Crippen molar-refractivity contribution in [2.75, 3.05) is 23.3 Å². The average Bonchev–Trinajstić information content (AvgIpc) is 3.27. The first-order chi connectivity index (χ1) is 13.3. The highest BCUT2D eigenvalue weighted by Gasteiger charge is 2.30. The van der Waals surface area contributed by atoms with E-state index in [0.29, 0.717) is 0 Å². The highest BCUT2D eigenvalue weighted by molar-refractivity contribution is 5.90. The second kappa shape index (κ2) is 7.55. The Hall–Kier alpha value is -2.62. The third kappa shape index (κ3) is 3.36. The SMILES string of the molecule is CCC(CC)(Nc1nc(N2CCCC2)nc2ccccc12)c1ccccc1. The van der Waals surface area contributed by atoms with Crippen molar-refractivity contribution in [1.82, 2.24) is 9.97 Å². The van der Waals surface area contributed by atoms with Crippen molar-refractivity contribution in [3.63, 3.8) is 0 Å². The molecule has 0 atom stereocenters. The lowest BCUT2D eigenvalue weighted by Gasteiger charge is -2.35. The van der Waals surface area contributed by atoms with Gasteiger partial charge in [-0.15, -0.1) is 0 Å². The molecule has 0 unspecified atom stereocenters. The molecule has 1 aliphatic heterocycles. The molecule has 0 radical (unpaired) electrons. The molecule has 1 fully saturated rings. The Morgan fingerprint density at radius 2 is 1.56 bits per heavy atom. The summed E-state index contributed by atoms with van der Waals surface area (Å²) in [5.41, 5.74) is 2.17. The van der Waals surface area contributed by atoms with Gasteiger partial charge >= 0.3 is 0 Å². The third-order valence-electron chi connectivity index (χ3n) is 5.87. The van der Waals surface area contributed by atoms with Crippen molar-refractivity contribution in [3.8, 4) is 0 Å². The van der Waals surface area contributed by atoms with Gasteiger partial charge in [-0.25, -0.2) is 4.98 Å². The Labute approximate surface area is 161 Å². The summed E-state index contributed by atoms with van der Waals surface area (Å²) in [5.74, 6) is 1.79. The molecule has 0 amide bonds. The lowest BCUT2D eigenvalue weighted by Crippen LogP contribution is -2.35. The van der Waals surface area contributed by atoms with E-state index in [4.69, 9.17) is 9.97 Å². The van der Waals surface area contributed by atoms with Gasteiger partial charge in [-0.2, -0.15) is 4.98 Å². The fraction of sp³-hybridized carbons (Fsp3) is 0.391. The van der Waals surface area contributed by atoms with Crippen LogP contribution in [-0.2, 0) is 5.54 Å². The van der Waals surface area contributed by atoms with Crippen molar-refractivity contribution < 1.29 is 0 Å². The molecule has 4 rings (SSSR count). The molecule has 1 saturated heterocycles. The summed E-state index contributed by atoms with van der Waals surface area (Å²) in [5, 5.41) is 4.92. The molecular weight excluding hydrogens is 332 g/mol. The third-order valence-corrected chi connectivity index (χ3v) is 5.87. The predicted octanol–water partition coefficient (Wildman–Crippen LogP) is 5.36. The maximum Gasteiger partial charge on any atom is 0.227 e. The predicted molar refractivity (Wildman–Crippen MR) is 113 cm³/mol. The van der Waals surface area contributed by atoms with E-state index in [0.717, 1.165) is 48.6 Å². The van der Waals surface area contributed by atoms with E-state index in [9.17, 15) is 0 Å². The van der Waals surface area contributed by atoms with Gasteiger partial charge in [0.15, 0.2) is 0 Å². The van der Waals surface area contributed by atoms with Crippen LogP contribution in [0.3, 0.4) is 0 Å². The zero-order valence-corrected chi connectivity index (χ0v) is 16.3. The summed E-state index contributed by atoms with van der Waals surface area (Å²) in [6.45, 7) is 6.58. The van der Waals surface area contributed by atoms with Crippen LogP contribution in [0.15, 0.2) is 54.6 Å². The van der Waals surface area contributed by atoms with Crippen LogP contribution in [0.1, 0.15) is 45.1 Å². The van der Waals surface area contributed by atoms with Gasteiger partial charge in [-0.1, -0.05) is 56.3 Å². The Morgan fingerprint density at radius 3 is 2.26 bits per heavy atom. The summed E-state index contributed by atoms with van der Waals surface area (Å²) < 4.78 is 0. The van der Waals surface area contributed by atoms with E-state index in [-0.39, 0.29) is 5.54 Å². The maximum absolute atomic E-state index is 4.99. The van der Waals surface area contributed by atoms with Gasteiger partial charge in [0.2, 0.25) is 5.95 Å². The Bertz CT molecular complexity index is 897. The quantitative estimate of drug-likeness (QED) is 0.643. The van der Waals surface area contributed by atoms with Crippen LogP contribution < -0.4 is 10.2 Å². The zero-order chi connectivity index (χ0) is 18.7. The Morgan fingerprint density at radius 1 is 0.889 bits per heavy atom. The number of nitrogens with zero attached hydrogens (tertiary/aromatic N) is 3. The second-order valence-electron chi connectivity index (χ2n) is 7.36. The summed E-state index contributed by atoms with van der Waals surface area (Å²) in [6.07, 6.45) is 4.42. The van der Waals surface area contributed by atoms with E-state index in [2.05, 4.69) is 78.7 Å². The minimum Gasteiger partial charge on any atom is -0.360 e. The van der Waals surface area contributed by atoms with Crippen LogP contribution >= 0.6 is 0 Å². The van der Waals surface area contributed by atoms with Crippen molar-refractivity contribution in [1.29, 1.82) is 0 Å². The van der Waals surface area contributed by atoms with Crippen molar-refractivity contribution in [2.45, 2.75) is 45.1 Å². The number of nitrogens with one attached hydrogen (secondary N) is 1. The molecule has 4 nitrogen and oxygen atoms in total. The highest BCUT2D eigenvalue weighted by Crippen LogP contribution is 2.35. The topological polar surface area (TPSA) is 41.1 Å². The van der Waals surface area contributed by atoms with E-state index >= 15 is 0 Å². The van der Waals surface area contributed by atoms with E-state index in [1.165, 1.54) is 18.4 Å². The van der Waals surface area contributed by atoms with Gasteiger partial charge in [0, 0.05) is 18.5 Å². The number of anilines is 2. The summed E-state index contributed by atoms with van der Waals surface area (Å²) in [4.78, 5) is 12.1. The molecule has 1 N–H and O–H groups in total. The number of hydrogen-bond donors (Lipinski definition) is 1. The lowest BCUT2D eigenvalue weighted by molar-refractivity contribution is 0.453. The summed E-state index contributed by atoms with van der Waals surface area (Å²) in [7, 11) is 0. The fourth-order valence-corrected chi connectivity index (χ4v) is 4.11. The van der Waals surface area contributed by atoms with Crippen molar-refractivity contribution >= 4 is 22.7 Å². The highest BCUT2D eigenvalue weighted by atomic mass is 15.3. The van der Waals surface area contributed by atoms with Gasteiger partial charge in [0.05, 0.1) is 11.1 Å². The van der Waals surface area contributed by atoms with Crippen LogP contribution in [0.25, 0.3) is 10.9 Å². The molecule has 1 aliphatic rings. The Kier molecular flexibility index (Phi) is 4.97. The Balaban J connectivity index is 1.81. The van der Waals surface area contributed by atoms with Crippen LogP contribution in [0.5, 0.6) is 0 Å². The molecule has 1 aromatic heterocycles. The first-order valence-electron chi connectivity index (χ1n) is 10.1. The molecular formula is C23H28N4. The van der Waals surface area contributed by atoms with E-state index in [1.807, 2.05) is 0 Å². The second-order valence-corrected chi connectivity index (χ2v) is 7.36. The minimum atomic E-state index is -0.138. The number of para-hydroxylation sites is 1. The first-order valence-corrected chi connectivity index (χ1v) is 10.1. The molecule has 0 saturated carbocycles. The number of aromatic nitrogens is 2. The van der Waals surface area contributed by atoms with E-state index < -0.39 is 0 Å². The molecule has 3 aromatic rings. The minimum absolute atomic E-state index is 0.138. The molecule has 2 aromatic carbocycles. The maximum atomic E-state index is 4.99. The largest absolute Gasteiger partial charge is 0.360 e. The molecule has 2 heterocycles. The van der Waals surface area contributed by atoms with Gasteiger partial charge in [0.1, 0.15) is 5.82 Å². The monoisotopic (exact) mass is 360 g/mol. The van der Waals surface area contributed by atoms with E-state index in [1.54, 1.807) is 0 Å². The summed E-state index contributed by atoms with van der Waals surface area (Å²) >= 11 is 0. The van der Waals surface area contributed by atoms with Crippen molar-refractivity contribution in [2.24, 2.45) is 0 Å². The zero-order valence-electron chi connectivity index (χ0n) is 16.3. The van der Waals surface area contributed by atoms with Crippen LogP contribution in [0, 0.1) is 0 Å². The standard InChI is InChI=1S/C23H28N4/c1-3-23(4-2,18-12-6-5-7-13-18)26-21-19-14-8-9-15-20(19)24-22(25-21)27-16-10-11-17-27/h5-9,12-15H,3-4,10-11,16-17H2,1-2H3,(H,24,25,26).